The number of anilines is 1. The first-order valence-electron chi connectivity index (χ1n) is 13.5. The summed E-state index contributed by atoms with van der Waals surface area (Å²) in [5.41, 5.74) is 7.27. The Balaban J connectivity index is 1.58. The predicted molar refractivity (Wildman–Crippen MR) is 166 cm³/mol. The standard InChI is InChI=1S/C30H29Cl2N5O6/c31-18-8-4-15(5-9-18)12-17-2-1-3-20-23(16-6-10-19(32)11-7-16)24-28(34-25(17)20)35-30(36-29(24)43)37-33-13-21(39)26(41)27(42)22(40)14-38/h4-13,21-22,26-27,38-42H,1-3,14H2,(H2,34,35,36,37,43)/b17-12+,33-13+/t21-,22+,26+,27-/m0/s1. The van der Waals surface area contributed by atoms with Crippen LogP contribution in [0, 0.1) is 0 Å². The van der Waals surface area contributed by atoms with Crippen LogP contribution >= 0.6 is 23.2 Å². The van der Waals surface area contributed by atoms with E-state index < -0.39 is 36.6 Å². The Morgan fingerprint density at radius 1 is 0.953 bits per heavy atom. The fraction of sp³-hybridized carbons (Fsp3) is 0.267. The van der Waals surface area contributed by atoms with Gasteiger partial charge in [0.05, 0.1) is 23.9 Å². The van der Waals surface area contributed by atoms with Crippen LogP contribution in [0.25, 0.3) is 33.8 Å². The largest absolute Gasteiger partial charge is 0.394 e. The summed E-state index contributed by atoms with van der Waals surface area (Å²) in [5, 5.41) is 53.6. The highest BCUT2D eigenvalue weighted by Gasteiger charge is 2.29. The second-order valence-electron chi connectivity index (χ2n) is 10.1. The van der Waals surface area contributed by atoms with E-state index in [0.29, 0.717) is 27.4 Å². The SMILES string of the molecule is O=c1[nH]c(N/N=C/[C@H](O)[C@@H](O)[C@@H](O)[C@H](O)CO)nc2nc3c(c(-c4ccc(Cl)cc4)c12)CCC/C3=C\c1ccc(Cl)cc1. The number of nitrogens with one attached hydrogen (secondary N) is 2. The van der Waals surface area contributed by atoms with Crippen LogP contribution in [-0.2, 0) is 6.42 Å². The number of aromatic nitrogens is 3. The van der Waals surface area contributed by atoms with Crippen molar-refractivity contribution in [2.24, 2.45) is 5.10 Å². The third-order valence-corrected chi connectivity index (χ3v) is 7.66. The zero-order valence-corrected chi connectivity index (χ0v) is 24.2. The summed E-state index contributed by atoms with van der Waals surface area (Å²) in [5.74, 6) is -0.0834. The smallest absolute Gasteiger partial charge is 0.262 e. The number of pyridine rings is 1. The minimum atomic E-state index is -1.84. The maximum absolute atomic E-state index is 13.5. The molecule has 2 aromatic heterocycles. The highest BCUT2D eigenvalue weighted by atomic mass is 35.5. The summed E-state index contributed by atoms with van der Waals surface area (Å²) < 4.78 is 0. The molecule has 4 aromatic rings. The molecule has 43 heavy (non-hydrogen) atoms. The first kappa shape index (κ1) is 30.8. The van der Waals surface area contributed by atoms with Gasteiger partial charge in [-0.3, -0.25) is 9.78 Å². The fourth-order valence-electron chi connectivity index (χ4n) is 4.98. The van der Waals surface area contributed by atoms with Crippen LogP contribution in [0.4, 0.5) is 5.95 Å². The molecular weight excluding hydrogens is 597 g/mol. The number of hydrogen-bond acceptors (Lipinski definition) is 10. The van der Waals surface area contributed by atoms with Crippen molar-refractivity contribution in [3.8, 4) is 11.1 Å². The van der Waals surface area contributed by atoms with Gasteiger partial charge >= 0.3 is 0 Å². The van der Waals surface area contributed by atoms with Gasteiger partial charge in [0, 0.05) is 15.6 Å². The lowest BCUT2D eigenvalue weighted by atomic mass is 9.84. The van der Waals surface area contributed by atoms with E-state index in [-0.39, 0.29) is 11.6 Å². The molecule has 0 aliphatic heterocycles. The first-order valence-corrected chi connectivity index (χ1v) is 14.2. The molecule has 11 nitrogen and oxygen atoms in total. The molecule has 13 heteroatoms. The van der Waals surface area contributed by atoms with Crippen LogP contribution < -0.4 is 11.0 Å². The van der Waals surface area contributed by atoms with Gasteiger partial charge in [-0.2, -0.15) is 10.1 Å². The van der Waals surface area contributed by atoms with Crippen LogP contribution in [-0.4, -0.2) is 77.7 Å². The van der Waals surface area contributed by atoms with Gasteiger partial charge in [-0.05, 0) is 71.9 Å². The van der Waals surface area contributed by atoms with Gasteiger partial charge in [-0.15, -0.1) is 0 Å². The van der Waals surface area contributed by atoms with E-state index >= 15 is 0 Å². The average Bonchev–Trinajstić information content (AvgIpc) is 3.00. The highest BCUT2D eigenvalue weighted by molar-refractivity contribution is 6.31. The lowest BCUT2D eigenvalue weighted by Gasteiger charge is -2.23. The molecule has 1 aliphatic rings. The van der Waals surface area contributed by atoms with E-state index in [2.05, 4.69) is 20.5 Å². The van der Waals surface area contributed by atoms with Gasteiger partial charge in [0.25, 0.3) is 5.56 Å². The number of hydrazone groups is 1. The molecule has 2 aromatic carbocycles. The Hall–Kier alpha value is -3.68. The molecule has 0 unspecified atom stereocenters. The number of halogens is 2. The van der Waals surface area contributed by atoms with Gasteiger partial charge in [0.15, 0.2) is 5.65 Å². The molecule has 1 aliphatic carbocycles. The second-order valence-corrected chi connectivity index (χ2v) is 11.0. The van der Waals surface area contributed by atoms with Gasteiger partial charge in [-0.25, -0.2) is 10.4 Å². The molecule has 0 amide bonds. The van der Waals surface area contributed by atoms with E-state index in [1.165, 1.54) is 0 Å². The number of aromatic amines is 1. The number of benzene rings is 2. The summed E-state index contributed by atoms with van der Waals surface area (Å²) in [6.07, 6.45) is -1.79. The maximum atomic E-state index is 13.5. The minimum absolute atomic E-state index is 0.0834. The van der Waals surface area contributed by atoms with E-state index in [1.807, 2.05) is 42.5 Å². The van der Waals surface area contributed by atoms with E-state index in [4.69, 9.17) is 33.3 Å². The third kappa shape index (κ3) is 6.78. The summed E-state index contributed by atoms with van der Waals surface area (Å²) >= 11 is 12.2. The molecule has 5 rings (SSSR count). The number of allylic oxidation sites excluding steroid dienone is 1. The molecule has 0 fully saturated rings. The van der Waals surface area contributed by atoms with Crippen LogP contribution in [0.3, 0.4) is 0 Å². The summed E-state index contributed by atoms with van der Waals surface area (Å²) in [4.78, 5) is 25.5. The molecule has 0 saturated heterocycles. The van der Waals surface area contributed by atoms with Crippen LogP contribution in [0.15, 0.2) is 58.4 Å². The number of hydrogen-bond donors (Lipinski definition) is 7. The van der Waals surface area contributed by atoms with E-state index in [9.17, 15) is 25.2 Å². The summed E-state index contributed by atoms with van der Waals surface area (Å²) in [6.45, 7) is -0.812. The predicted octanol–water partition coefficient (Wildman–Crippen LogP) is 3.00. The van der Waals surface area contributed by atoms with Crippen molar-refractivity contribution in [2.75, 3.05) is 12.0 Å². The number of rotatable bonds is 9. The molecule has 0 radical (unpaired) electrons. The number of fused-ring (bicyclic) bond motifs is 2. The Kier molecular flexibility index (Phi) is 9.52. The average molecular weight is 626 g/mol. The minimum Gasteiger partial charge on any atom is -0.394 e. The van der Waals surface area contributed by atoms with Crippen LogP contribution in [0.5, 0.6) is 0 Å². The molecule has 7 N–H and O–H groups in total. The maximum Gasteiger partial charge on any atom is 0.262 e. The van der Waals surface area contributed by atoms with E-state index in [1.54, 1.807) is 12.1 Å². The van der Waals surface area contributed by atoms with Crippen molar-refractivity contribution in [2.45, 2.75) is 43.7 Å². The highest BCUT2D eigenvalue weighted by Crippen LogP contribution is 2.40. The molecule has 224 valence electrons. The number of aliphatic hydroxyl groups excluding tert-OH is 5. The Labute approximate surface area is 255 Å². The van der Waals surface area contributed by atoms with Crippen molar-refractivity contribution < 1.29 is 25.5 Å². The van der Waals surface area contributed by atoms with Crippen molar-refractivity contribution in [3.05, 3.63) is 85.8 Å². The Morgan fingerprint density at radius 3 is 2.30 bits per heavy atom. The van der Waals surface area contributed by atoms with Gasteiger partial charge in [-0.1, -0.05) is 47.5 Å². The normalized spacial score (nSPS) is 17.1. The topological polar surface area (TPSA) is 184 Å². The van der Waals surface area contributed by atoms with Crippen molar-refractivity contribution >= 4 is 58.0 Å². The fourth-order valence-corrected chi connectivity index (χ4v) is 5.23. The number of nitrogens with zero attached hydrogens (tertiary/aromatic N) is 3. The zero-order valence-electron chi connectivity index (χ0n) is 22.7. The molecule has 0 saturated carbocycles. The summed E-state index contributed by atoms with van der Waals surface area (Å²) in [6, 6.07) is 14.7. The van der Waals surface area contributed by atoms with E-state index in [0.717, 1.165) is 47.0 Å². The van der Waals surface area contributed by atoms with Gasteiger partial charge in [0.2, 0.25) is 5.95 Å². The monoisotopic (exact) mass is 625 g/mol. The molecule has 0 bridgehead atoms. The molecule has 4 atom stereocenters. The van der Waals surface area contributed by atoms with Gasteiger partial charge in [0.1, 0.15) is 24.4 Å². The molecule has 2 heterocycles. The zero-order chi connectivity index (χ0) is 30.7. The van der Waals surface area contributed by atoms with Crippen molar-refractivity contribution in [1.29, 1.82) is 0 Å². The van der Waals surface area contributed by atoms with Crippen molar-refractivity contribution in [1.82, 2.24) is 15.0 Å². The lowest BCUT2D eigenvalue weighted by Crippen LogP contribution is -2.46. The number of H-pyrrole nitrogens is 1. The molecule has 0 spiro atoms. The molecular formula is C30H29Cl2N5O6. The summed E-state index contributed by atoms with van der Waals surface area (Å²) in [7, 11) is 0. The third-order valence-electron chi connectivity index (χ3n) is 7.16. The van der Waals surface area contributed by atoms with Gasteiger partial charge < -0.3 is 25.5 Å². The second kappa shape index (κ2) is 13.3. The Morgan fingerprint density at radius 2 is 1.63 bits per heavy atom. The lowest BCUT2D eigenvalue weighted by molar-refractivity contribution is -0.0999. The van der Waals surface area contributed by atoms with Crippen LogP contribution in [0.2, 0.25) is 10.0 Å². The quantitative estimate of drug-likeness (QED) is 0.108. The number of aliphatic hydroxyl groups is 5. The van der Waals surface area contributed by atoms with Crippen LogP contribution in [0.1, 0.15) is 29.7 Å². The van der Waals surface area contributed by atoms with Crippen molar-refractivity contribution in [3.63, 3.8) is 0 Å². The Bertz CT molecular complexity index is 1730. The first-order chi connectivity index (χ1) is 20.7.